The van der Waals surface area contributed by atoms with E-state index in [0.29, 0.717) is 18.0 Å². The number of carbonyl (C=O) groups is 2. The monoisotopic (exact) mass is 266 g/mol. The van der Waals surface area contributed by atoms with Crippen LogP contribution in [0.15, 0.2) is 24.3 Å². The second kappa shape index (κ2) is 5.50. The number of imide groups is 1. The number of benzene rings is 1. The van der Waals surface area contributed by atoms with E-state index < -0.39 is 0 Å². The highest BCUT2D eigenvalue weighted by molar-refractivity contribution is 6.30. The van der Waals surface area contributed by atoms with Gasteiger partial charge < -0.3 is 5.73 Å². The van der Waals surface area contributed by atoms with Gasteiger partial charge in [0.25, 0.3) is 0 Å². The molecule has 1 aliphatic rings. The van der Waals surface area contributed by atoms with Crippen LogP contribution in [0.25, 0.3) is 0 Å². The first-order valence-corrected chi connectivity index (χ1v) is 6.27. The lowest BCUT2D eigenvalue weighted by atomic mass is 10.0. The zero-order valence-corrected chi connectivity index (χ0v) is 10.7. The predicted octanol–water partition coefficient (Wildman–Crippen LogP) is 1.36. The van der Waals surface area contributed by atoms with Crippen molar-refractivity contribution in [2.75, 3.05) is 6.54 Å². The number of carbonyl (C=O) groups excluding carboxylic acids is 2. The number of likely N-dealkylation sites (tertiary alicyclic amines) is 1. The summed E-state index contributed by atoms with van der Waals surface area (Å²) in [4.78, 5) is 25.0. The van der Waals surface area contributed by atoms with E-state index in [1.807, 2.05) is 0 Å². The summed E-state index contributed by atoms with van der Waals surface area (Å²) in [5.41, 5.74) is 6.54. The minimum Gasteiger partial charge on any atom is -0.327 e. The third kappa shape index (κ3) is 3.09. The molecule has 0 radical (unpaired) electrons. The molecular weight excluding hydrogens is 252 g/mol. The molecule has 1 atom stereocenters. The van der Waals surface area contributed by atoms with Crippen LogP contribution in [0.1, 0.15) is 18.4 Å². The molecule has 5 heteroatoms. The molecule has 2 rings (SSSR count). The van der Waals surface area contributed by atoms with Crippen LogP contribution in [0.3, 0.4) is 0 Å². The Balaban J connectivity index is 1.99. The van der Waals surface area contributed by atoms with Crippen molar-refractivity contribution in [1.29, 1.82) is 0 Å². The highest BCUT2D eigenvalue weighted by Crippen LogP contribution is 2.14. The molecule has 0 saturated carbocycles. The third-order valence-corrected chi connectivity index (χ3v) is 3.28. The average Bonchev–Trinajstić information content (AvgIpc) is 2.32. The first-order chi connectivity index (χ1) is 8.56. The summed E-state index contributed by atoms with van der Waals surface area (Å²) in [6.45, 7) is 0.423. The third-order valence-electron chi connectivity index (χ3n) is 3.03. The maximum Gasteiger partial charge on any atom is 0.233 e. The number of halogens is 1. The second-order valence-corrected chi connectivity index (χ2v) is 4.93. The van der Waals surface area contributed by atoms with Gasteiger partial charge in [0.15, 0.2) is 0 Å². The lowest BCUT2D eigenvalue weighted by Crippen LogP contribution is -2.47. The summed E-state index contributed by atoms with van der Waals surface area (Å²) in [7, 11) is 0. The first-order valence-electron chi connectivity index (χ1n) is 5.89. The number of amides is 2. The highest BCUT2D eigenvalue weighted by atomic mass is 35.5. The molecule has 1 aromatic rings. The van der Waals surface area contributed by atoms with Crippen molar-refractivity contribution in [2.24, 2.45) is 5.73 Å². The van der Waals surface area contributed by atoms with E-state index in [9.17, 15) is 9.59 Å². The highest BCUT2D eigenvalue weighted by Gasteiger charge is 2.27. The zero-order valence-electron chi connectivity index (χ0n) is 9.93. The van der Waals surface area contributed by atoms with Gasteiger partial charge >= 0.3 is 0 Å². The minimum absolute atomic E-state index is 0.114. The van der Waals surface area contributed by atoms with Gasteiger partial charge in [0.2, 0.25) is 11.8 Å². The van der Waals surface area contributed by atoms with Crippen LogP contribution in [0.2, 0.25) is 5.02 Å². The Morgan fingerprint density at radius 2 is 2.06 bits per heavy atom. The average molecular weight is 267 g/mol. The quantitative estimate of drug-likeness (QED) is 0.879. The largest absolute Gasteiger partial charge is 0.327 e. The summed E-state index contributed by atoms with van der Waals surface area (Å²) < 4.78 is 0. The molecule has 0 aromatic heterocycles. The van der Waals surface area contributed by atoms with E-state index in [0.717, 1.165) is 5.56 Å². The van der Waals surface area contributed by atoms with Gasteiger partial charge in [0.05, 0.1) is 6.42 Å². The Labute approximate surface area is 111 Å². The lowest BCUT2D eigenvalue weighted by molar-refractivity contribution is -0.146. The predicted molar refractivity (Wildman–Crippen MR) is 69.1 cm³/mol. The molecule has 0 spiro atoms. The molecule has 96 valence electrons. The number of piperidine rings is 1. The SMILES string of the molecule is NC1CCN(C(=O)Cc2ccc(Cl)cc2)C(=O)C1. The fraction of sp³-hybridized carbons (Fsp3) is 0.385. The van der Waals surface area contributed by atoms with Gasteiger partial charge in [-0.05, 0) is 24.1 Å². The number of hydrogen-bond donors (Lipinski definition) is 1. The van der Waals surface area contributed by atoms with Crippen molar-refractivity contribution in [3.05, 3.63) is 34.9 Å². The van der Waals surface area contributed by atoms with Crippen LogP contribution >= 0.6 is 11.6 Å². The number of nitrogens with two attached hydrogens (primary N) is 1. The van der Waals surface area contributed by atoms with Crippen molar-refractivity contribution in [1.82, 2.24) is 4.90 Å². The molecule has 2 amide bonds. The van der Waals surface area contributed by atoms with Crippen LogP contribution in [-0.2, 0) is 16.0 Å². The lowest BCUT2D eigenvalue weighted by Gasteiger charge is -2.28. The molecule has 2 N–H and O–H groups in total. The summed E-state index contributed by atoms with van der Waals surface area (Å²) >= 11 is 5.77. The molecule has 1 saturated heterocycles. The first kappa shape index (κ1) is 13.1. The van der Waals surface area contributed by atoms with E-state index in [2.05, 4.69) is 0 Å². The van der Waals surface area contributed by atoms with Gasteiger partial charge in [0.1, 0.15) is 0 Å². The van der Waals surface area contributed by atoms with E-state index >= 15 is 0 Å². The summed E-state index contributed by atoms with van der Waals surface area (Å²) in [6.07, 6.45) is 1.16. The Bertz CT molecular complexity index is 459. The van der Waals surface area contributed by atoms with E-state index in [-0.39, 0.29) is 30.7 Å². The van der Waals surface area contributed by atoms with Gasteiger partial charge in [-0.25, -0.2) is 0 Å². The van der Waals surface area contributed by atoms with Crippen molar-refractivity contribution < 1.29 is 9.59 Å². The van der Waals surface area contributed by atoms with Gasteiger partial charge in [-0.2, -0.15) is 0 Å². The Hall–Kier alpha value is -1.39. The maximum atomic E-state index is 12.0. The van der Waals surface area contributed by atoms with Crippen LogP contribution in [0.5, 0.6) is 0 Å². The summed E-state index contributed by atoms with van der Waals surface area (Å²) in [5, 5.41) is 0.631. The van der Waals surface area contributed by atoms with Crippen molar-refractivity contribution in [2.45, 2.75) is 25.3 Å². The smallest absolute Gasteiger partial charge is 0.233 e. The van der Waals surface area contributed by atoms with Crippen molar-refractivity contribution >= 4 is 23.4 Å². The van der Waals surface area contributed by atoms with E-state index in [1.54, 1.807) is 24.3 Å². The van der Waals surface area contributed by atoms with Gasteiger partial charge in [-0.1, -0.05) is 23.7 Å². The number of rotatable bonds is 2. The fourth-order valence-electron chi connectivity index (χ4n) is 1.99. The maximum absolute atomic E-state index is 12.0. The fourth-order valence-corrected chi connectivity index (χ4v) is 2.12. The van der Waals surface area contributed by atoms with Gasteiger partial charge in [-0.15, -0.1) is 0 Å². The molecule has 1 unspecified atom stereocenters. The van der Waals surface area contributed by atoms with Crippen molar-refractivity contribution in [3.63, 3.8) is 0 Å². The normalized spacial score (nSPS) is 20.0. The topological polar surface area (TPSA) is 63.4 Å². The molecule has 0 aliphatic carbocycles. The van der Waals surface area contributed by atoms with E-state index in [1.165, 1.54) is 4.90 Å². The van der Waals surface area contributed by atoms with Gasteiger partial charge in [0, 0.05) is 24.0 Å². The van der Waals surface area contributed by atoms with Gasteiger partial charge in [-0.3, -0.25) is 14.5 Å². The molecule has 0 bridgehead atoms. The molecule has 1 aromatic carbocycles. The summed E-state index contributed by atoms with van der Waals surface area (Å²) in [6, 6.07) is 6.94. The minimum atomic E-state index is -0.173. The van der Waals surface area contributed by atoms with Crippen LogP contribution in [0.4, 0.5) is 0 Å². The van der Waals surface area contributed by atoms with Crippen molar-refractivity contribution in [3.8, 4) is 0 Å². The molecule has 18 heavy (non-hydrogen) atoms. The van der Waals surface area contributed by atoms with Crippen LogP contribution < -0.4 is 5.73 Å². The van der Waals surface area contributed by atoms with E-state index in [4.69, 9.17) is 17.3 Å². The second-order valence-electron chi connectivity index (χ2n) is 4.50. The molecule has 4 nitrogen and oxygen atoms in total. The summed E-state index contributed by atoms with van der Waals surface area (Å²) in [5.74, 6) is -0.345. The zero-order chi connectivity index (χ0) is 13.1. The van der Waals surface area contributed by atoms with Crippen LogP contribution in [-0.4, -0.2) is 29.3 Å². The standard InChI is InChI=1S/C13H15ClN2O2/c14-10-3-1-9(2-4-10)7-12(17)16-6-5-11(15)8-13(16)18/h1-4,11H,5-8,15H2. The molecule has 1 fully saturated rings. The number of nitrogens with zero attached hydrogens (tertiary/aromatic N) is 1. The Kier molecular flexibility index (Phi) is 3.99. The molecule has 1 heterocycles. The number of hydrogen-bond acceptors (Lipinski definition) is 3. The molecule has 1 aliphatic heterocycles. The Morgan fingerprint density at radius 3 is 2.67 bits per heavy atom. The van der Waals surface area contributed by atoms with Crippen LogP contribution in [0, 0.1) is 0 Å². The molecular formula is C13H15ClN2O2. The Morgan fingerprint density at radius 1 is 1.39 bits per heavy atom.